The minimum Gasteiger partial charge on any atom is -0.373 e. The van der Waals surface area contributed by atoms with Gasteiger partial charge in [-0.15, -0.1) is 0 Å². The number of likely N-dealkylation sites (N-methyl/N-ethyl adjacent to an activating group) is 1. The van der Waals surface area contributed by atoms with Gasteiger partial charge in [-0.25, -0.2) is 4.79 Å². The number of carbonyl (C=O) groups excluding carboxylic acids is 2. The molecule has 27 heavy (non-hydrogen) atoms. The van der Waals surface area contributed by atoms with Gasteiger partial charge in [0.25, 0.3) is 5.91 Å². The average Bonchev–Trinajstić information content (AvgIpc) is 2.65. The minimum atomic E-state index is -0.182. The first-order valence-electron chi connectivity index (χ1n) is 9.55. The molecular weight excluding hydrogens is 344 g/mol. The van der Waals surface area contributed by atoms with Gasteiger partial charge in [0.1, 0.15) is 0 Å². The predicted octanol–water partition coefficient (Wildman–Crippen LogP) is 1.43. The van der Waals surface area contributed by atoms with Gasteiger partial charge in [-0.1, -0.05) is 17.7 Å². The third-order valence-electron chi connectivity index (χ3n) is 4.58. The smallest absolute Gasteiger partial charge is 0.317 e. The van der Waals surface area contributed by atoms with Gasteiger partial charge >= 0.3 is 6.03 Å². The number of ether oxygens (including phenoxy) is 1. The van der Waals surface area contributed by atoms with Crippen molar-refractivity contribution in [1.82, 2.24) is 20.0 Å². The zero-order chi connectivity index (χ0) is 19.8. The van der Waals surface area contributed by atoms with Crippen LogP contribution in [0.25, 0.3) is 0 Å². The van der Waals surface area contributed by atoms with Crippen LogP contribution in [-0.4, -0.2) is 92.7 Å². The van der Waals surface area contributed by atoms with Crippen molar-refractivity contribution in [3.63, 3.8) is 0 Å². The van der Waals surface area contributed by atoms with Gasteiger partial charge in [-0.05, 0) is 40.1 Å². The Kier molecular flexibility index (Phi) is 8.06. The number of nitrogens with one attached hydrogen (secondary N) is 1. The normalized spacial score (nSPS) is 17.1. The summed E-state index contributed by atoms with van der Waals surface area (Å²) in [6.45, 7) is 7.91. The second kappa shape index (κ2) is 10.3. The van der Waals surface area contributed by atoms with Crippen molar-refractivity contribution in [2.45, 2.75) is 20.0 Å². The molecule has 1 aliphatic heterocycles. The van der Waals surface area contributed by atoms with Crippen molar-refractivity contribution in [2.24, 2.45) is 0 Å². The van der Waals surface area contributed by atoms with E-state index in [4.69, 9.17) is 4.74 Å². The number of hydrogen-bond acceptors (Lipinski definition) is 4. The lowest BCUT2D eigenvalue weighted by Gasteiger charge is -2.36. The van der Waals surface area contributed by atoms with E-state index in [9.17, 15) is 9.59 Å². The van der Waals surface area contributed by atoms with E-state index in [2.05, 4.69) is 10.2 Å². The molecule has 0 radical (unpaired) electrons. The molecule has 1 unspecified atom stereocenters. The van der Waals surface area contributed by atoms with Crippen LogP contribution in [0, 0.1) is 6.92 Å². The molecule has 0 bridgehead atoms. The highest BCUT2D eigenvalue weighted by Crippen LogP contribution is 2.12. The van der Waals surface area contributed by atoms with Gasteiger partial charge in [0, 0.05) is 38.3 Å². The number of urea groups is 1. The predicted molar refractivity (Wildman–Crippen MR) is 106 cm³/mol. The maximum Gasteiger partial charge on any atom is 0.317 e. The number of rotatable bonds is 7. The van der Waals surface area contributed by atoms with Crippen LogP contribution in [0.1, 0.15) is 22.8 Å². The first-order chi connectivity index (χ1) is 12.9. The molecule has 7 nitrogen and oxygen atoms in total. The Bertz CT molecular complexity index is 618. The molecule has 0 spiro atoms. The van der Waals surface area contributed by atoms with Crippen molar-refractivity contribution in [3.05, 3.63) is 35.4 Å². The summed E-state index contributed by atoms with van der Waals surface area (Å²) in [6, 6.07) is 7.55. The van der Waals surface area contributed by atoms with E-state index >= 15 is 0 Å². The van der Waals surface area contributed by atoms with Crippen molar-refractivity contribution in [2.75, 3.05) is 60.0 Å². The minimum absolute atomic E-state index is 0.00409. The Labute approximate surface area is 162 Å². The second-order valence-corrected chi connectivity index (χ2v) is 7.19. The van der Waals surface area contributed by atoms with Crippen LogP contribution in [0.4, 0.5) is 4.79 Å². The van der Waals surface area contributed by atoms with Crippen molar-refractivity contribution < 1.29 is 14.3 Å². The summed E-state index contributed by atoms with van der Waals surface area (Å²) in [5.41, 5.74) is 1.80. The maximum atomic E-state index is 13.0. The van der Waals surface area contributed by atoms with E-state index < -0.39 is 0 Å². The van der Waals surface area contributed by atoms with E-state index in [0.717, 1.165) is 12.1 Å². The molecular formula is C20H32N4O3. The lowest BCUT2D eigenvalue weighted by Crippen LogP contribution is -2.53. The molecule has 150 valence electrons. The number of nitrogens with zero attached hydrogens (tertiary/aromatic N) is 3. The van der Waals surface area contributed by atoms with E-state index in [0.29, 0.717) is 44.9 Å². The van der Waals surface area contributed by atoms with Crippen LogP contribution in [-0.2, 0) is 4.74 Å². The fourth-order valence-electron chi connectivity index (χ4n) is 3.00. The Morgan fingerprint density at radius 3 is 2.56 bits per heavy atom. The first kappa shape index (κ1) is 21.2. The maximum absolute atomic E-state index is 13.0. The van der Waals surface area contributed by atoms with Gasteiger partial charge in [-0.2, -0.15) is 0 Å². The Morgan fingerprint density at radius 2 is 1.93 bits per heavy atom. The monoisotopic (exact) mass is 376 g/mol. The number of aryl methyl sites for hydroxylation is 1. The highest BCUT2D eigenvalue weighted by atomic mass is 16.5. The summed E-state index contributed by atoms with van der Waals surface area (Å²) in [7, 11) is 3.98. The molecule has 0 saturated carbocycles. The molecule has 7 heteroatoms. The van der Waals surface area contributed by atoms with E-state index in [1.165, 1.54) is 0 Å². The summed E-state index contributed by atoms with van der Waals surface area (Å²) in [4.78, 5) is 30.8. The molecule has 1 atom stereocenters. The first-order valence-corrected chi connectivity index (χ1v) is 9.55. The van der Waals surface area contributed by atoms with Crippen molar-refractivity contribution in [1.29, 1.82) is 0 Å². The molecule has 0 aliphatic carbocycles. The number of benzene rings is 1. The third kappa shape index (κ3) is 6.52. The summed E-state index contributed by atoms with van der Waals surface area (Å²) in [6.07, 6.45) is -0.182. The molecule has 2 rings (SSSR count). The highest BCUT2D eigenvalue weighted by molar-refractivity contribution is 5.94. The number of carbonyl (C=O) groups is 2. The fourth-order valence-corrected chi connectivity index (χ4v) is 3.00. The number of hydrogen-bond donors (Lipinski definition) is 1. The lowest BCUT2D eigenvalue weighted by molar-refractivity contribution is -0.0280. The molecule has 1 aromatic carbocycles. The molecule has 1 aliphatic rings. The van der Waals surface area contributed by atoms with Crippen LogP contribution in [0.3, 0.4) is 0 Å². The van der Waals surface area contributed by atoms with Crippen molar-refractivity contribution >= 4 is 11.9 Å². The molecule has 1 saturated heterocycles. The van der Waals surface area contributed by atoms with E-state index in [1.54, 1.807) is 4.90 Å². The molecule has 1 N–H and O–H groups in total. The van der Waals surface area contributed by atoms with Crippen LogP contribution in [0.2, 0.25) is 0 Å². The van der Waals surface area contributed by atoms with Crippen LogP contribution in [0.15, 0.2) is 24.3 Å². The summed E-state index contributed by atoms with van der Waals surface area (Å²) in [5.74, 6) is -0.00409. The number of amides is 3. The summed E-state index contributed by atoms with van der Waals surface area (Å²) in [5, 5.41) is 2.83. The fraction of sp³-hybridized carbons (Fsp3) is 0.600. The summed E-state index contributed by atoms with van der Waals surface area (Å²) < 4.78 is 5.85. The Morgan fingerprint density at radius 1 is 1.22 bits per heavy atom. The zero-order valence-electron chi connectivity index (χ0n) is 16.9. The van der Waals surface area contributed by atoms with Gasteiger partial charge in [0.2, 0.25) is 0 Å². The SMILES string of the molecule is CCNC(=O)N1CCOC(CN(CCN(C)C)C(=O)c2ccc(C)cc2)C1. The highest BCUT2D eigenvalue weighted by Gasteiger charge is 2.27. The van der Waals surface area contributed by atoms with Crippen LogP contribution in [0.5, 0.6) is 0 Å². The van der Waals surface area contributed by atoms with Crippen LogP contribution >= 0.6 is 0 Å². The third-order valence-corrected chi connectivity index (χ3v) is 4.58. The average molecular weight is 377 g/mol. The molecule has 1 aromatic rings. The van der Waals surface area contributed by atoms with E-state index in [-0.39, 0.29) is 18.0 Å². The standard InChI is InChI=1S/C20H32N4O3/c1-5-21-20(26)24-12-13-27-18(15-24)14-23(11-10-22(3)4)19(25)17-8-6-16(2)7-9-17/h6-9,18H,5,10-15H2,1-4H3,(H,21,26). The lowest BCUT2D eigenvalue weighted by atomic mass is 10.1. The van der Waals surface area contributed by atoms with Gasteiger partial charge in [-0.3, -0.25) is 4.79 Å². The largest absolute Gasteiger partial charge is 0.373 e. The van der Waals surface area contributed by atoms with Crippen molar-refractivity contribution in [3.8, 4) is 0 Å². The van der Waals surface area contributed by atoms with E-state index in [1.807, 2.05) is 57.1 Å². The summed E-state index contributed by atoms with van der Waals surface area (Å²) >= 11 is 0. The Hall–Kier alpha value is -2.12. The topological polar surface area (TPSA) is 65.1 Å². The van der Waals surface area contributed by atoms with Crippen LogP contribution < -0.4 is 5.32 Å². The molecule has 1 fully saturated rings. The van der Waals surface area contributed by atoms with Gasteiger partial charge < -0.3 is 24.8 Å². The molecule has 1 heterocycles. The van der Waals surface area contributed by atoms with Gasteiger partial charge in [0.15, 0.2) is 0 Å². The zero-order valence-corrected chi connectivity index (χ0v) is 16.9. The van der Waals surface area contributed by atoms with Gasteiger partial charge in [0.05, 0.1) is 19.3 Å². The molecule has 3 amide bonds. The quantitative estimate of drug-likeness (QED) is 0.782. The Balaban J connectivity index is 2.05. The number of morpholine rings is 1. The molecule has 0 aromatic heterocycles. The second-order valence-electron chi connectivity index (χ2n) is 7.19.